The maximum Gasteiger partial charge on any atom is 0.341 e. The lowest BCUT2D eigenvalue weighted by Crippen LogP contribution is -2.32. The van der Waals surface area contributed by atoms with Crippen molar-refractivity contribution in [2.45, 2.75) is 5.38 Å². The van der Waals surface area contributed by atoms with Crippen molar-refractivity contribution < 1.29 is 19.1 Å². The molecule has 0 aliphatic carbocycles. The molecule has 0 saturated carbocycles. The van der Waals surface area contributed by atoms with Gasteiger partial charge in [-0.05, 0) is 24.3 Å². The fourth-order valence-electron chi connectivity index (χ4n) is 1.41. The van der Waals surface area contributed by atoms with Gasteiger partial charge in [-0.2, -0.15) is 0 Å². The molecule has 5 heteroatoms. The van der Waals surface area contributed by atoms with Crippen LogP contribution in [0.3, 0.4) is 0 Å². The Morgan fingerprint density at radius 2 is 1.10 bits per heavy atom. The number of hydrogen-bond acceptors (Lipinski definition) is 4. The molecule has 0 bridgehead atoms. The molecule has 2 aromatic rings. The molecular weight excluding hydrogens is 280 g/mol. The molecule has 20 heavy (non-hydrogen) atoms. The minimum Gasteiger partial charge on any atom is -0.425 e. The van der Waals surface area contributed by atoms with E-state index in [1.165, 1.54) is 0 Å². The van der Waals surface area contributed by atoms with Gasteiger partial charge in [-0.1, -0.05) is 48.0 Å². The minimum atomic E-state index is -1.52. The summed E-state index contributed by atoms with van der Waals surface area (Å²) in [7, 11) is 0. The zero-order valence-corrected chi connectivity index (χ0v) is 11.1. The van der Waals surface area contributed by atoms with Gasteiger partial charge in [-0.15, -0.1) is 0 Å². The van der Waals surface area contributed by atoms with E-state index >= 15 is 0 Å². The molecule has 2 aromatic carbocycles. The van der Waals surface area contributed by atoms with Crippen LogP contribution in [0, 0.1) is 0 Å². The minimum absolute atomic E-state index is 0.315. The Kier molecular flexibility index (Phi) is 4.74. The standard InChI is InChI=1S/C15H11ClO4/c16-13(14(17)19-11-7-3-1-4-8-11)15(18)20-12-9-5-2-6-10-12/h1-10,13H. The lowest BCUT2D eigenvalue weighted by atomic mass is 10.3. The second-order valence-corrected chi connectivity index (χ2v) is 4.27. The van der Waals surface area contributed by atoms with Crippen LogP contribution in [0.2, 0.25) is 0 Å². The lowest BCUT2D eigenvalue weighted by Gasteiger charge is -2.09. The summed E-state index contributed by atoms with van der Waals surface area (Å²) in [5, 5.41) is -1.52. The summed E-state index contributed by atoms with van der Waals surface area (Å²) in [6, 6.07) is 16.7. The SMILES string of the molecule is O=C(Oc1ccccc1)C(Cl)C(=O)Oc1ccccc1. The first-order valence-corrected chi connectivity index (χ1v) is 6.28. The lowest BCUT2D eigenvalue weighted by molar-refractivity contribution is -0.143. The van der Waals surface area contributed by atoms with Gasteiger partial charge >= 0.3 is 11.9 Å². The molecule has 0 atom stereocenters. The van der Waals surface area contributed by atoms with Crippen LogP contribution in [0.5, 0.6) is 11.5 Å². The van der Waals surface area contributed by atoms with Crippen molar-refractivity contribution >= 4 is 23.5 Å². The fraction of sp³-hybridized carbons (Fsp3) is 0.0667. The Hall–Kier alpha value is -2.33. The number of para-hydroxylation sites is 2. The summed E-state index contributed by atoms with van der Waals surface area (Å²) < 4.78 is 9.93. The summed E-state index contributed by atoms with van der Waals surface area (Å²) >= 11 is 5.73. The Morgan fingerprint density at radius 1 is 0.750 bits per heavy atom. The molecule has 2 rings (SSSR count). The van der Waals surface area contributed by atoms with Gasteiger partial charge in [0, 0.05) is 0 Å². The highest BCUT2D eigenvalue weighted by molar-refractivity contribution is 6.40. The maximum atomic E-state index is 11.7. The summed E-state index contributed by atoms with van der Waals surface area (Å²) in [5.74, 6) is -1.12. The highest BCUT2D eigenvalue weighted by atomic mass is 35.5. The molecular formula is C15H11ClO4. The van der Waals surface area contributed by atoms with Crippen LogP contribution in [0.4, 0.5) is 0 Å². The Morgan fingerprint density at radius 3 is 1.45 bits per heavy atom. The van der Waals surface area contributed by atoms with Gasteiger partial charge in [0.1, 0.15) is 11.5 Å². The number of rotatable bonds is 4. The summed E-state index contributed by atoms with van der Waals surface area (Å²) in [5.41, 5.74) is 0. The largest absolute Gasteiger partial charge is 0.425 e. The van der Waals surface area contributed by atoms with Crippen molar-refractivity contribution in [3.63, 3.8) is 0 Å². The molecule has 0 heterocycles. The quantitative estimate of drug-likeness (QED) is 0.376. The zero-order valence-electron chi connectivity index (χ0n) is 10.4. The molecule has 0 aromatic heterocycles. The van der Waals surface area contributed by atoms with E-state index in [9.17, 15) is 9.59 Å². The third-order valence-electron chi connectivity index (χ3n) is 2.34. The van der Waals surface area contributed by atoms with Crippen molar-refractivity contribution in [1.29, 1.82) is 0 Å². The molecule has 0 aliphatic heterocycles. The number of esters is 2. The van der Waals surface area contributed by atoms with E-state index < -0.39 is 17.3 Å². The van der Waals surface area contributed by atoms with Crippen molar-refractivity contribution in [1.82, 2.24) is 0 Å². The number of hydrogen-bond donors (Lipinski definition) is 0. The smallest absolute Gasteiger partial charge is 0.341 e. The third-order valence-corrected chi connectivity index (χ3v) is 2.69. The van der Waals surface area contributed by atoms with Gasteiger partial charge in [-0.3, -0.25) is 0 Å². The van der Waals surface area contributed by atoms with Gasteiger partial charge in [0.25, 0.3) is 0 Å². The first-order valence-electron chi connectivity index (χ1n) is 5.84. The molecule has 0 radical (unpaired) electrons. The third kappa shape index (κ3) is 3.83. The topological polar surface area (TPSA) is 52.6 Å². The molecule has 0 aliphatic rings. The number of halogens is 1. The molecule has 0 saturated heterocycles. The highest BCUT2D eigenvalue weighted by Gasteiger charge is 2.28. The van der Waals surface area contributed by atoms with E-state index in [-0.39, 0.29) is 0 Å². The number of carbonyl (C=O) groups is 2. The Bertz CT molecular complexity index is 530. The second kappa shape index (κ2) is 6.73. The van der Waals surface area contributed by atoms with Crippen LogP contribution in [0.25, 0.3) is 0 Å². The van der Waals surface area contributed by atoms with Crippen molar-refractivity contribution in [2.75, 3.05) is 0 Å². The first kappa shape index (κ1) is 14.1. The molecule has 0 unspecified atom stereocenters. The second-order valence-electron chi connectivity index (χ2n) is 3.83. The highest BCUT2D eigenvalue weighted by Crippen LogP contribution is 2.14. The average Bonchev–Trinajstić information content (AvgIpc) is 2.48. The van der Waals surface area contributed by atoms with Crippen LogP contribution in [-0.4, -0.2) is 17.3 Å². The van der Waals surface area contributed by atoms with Crippen LogP contribution in [-0.2, 0) is 9.59 Å². The fourth-order valence-corrected chi connectivity index (χ4v) is 1.50. The predicted octanol–water partition coefficient (Wildman–Crippen LogP) is 2.81. The molecule has 0 fully saturated rings. The van der Waals surface area contributed by atoms with E-state index in [1.807, 2.05) is 0 Å². The van der Waals surface area contributed by atoms with E-state index in [4.69, 9.17) is 21.1 Å². The van der Waals surface area contributed by atoms with Gasteiger partial charge in [0.2, 0.25) is 5.38 Å². The predicted molar refractivity (Wildman–Crippen MR) is 73.8 cm³/mol. The van der Waals surface area contributed by atoms with E-state index in [1.54, 1.807) is 60.7 Å². The van der Waals surface area contributed by atoms with E-state index in [2.05, 4.69) is 0 Å². The molecule has 0 amide bonds. The zero-order chi connectivity index (χ0) is 14.4. The Balaban J connectivity index is 1.95. The number of carbonyl (C=O) groups excluding carboxylic acids is 2. The Labute approximate surface area is 120 Å². The van der Waals surface area contributed by atoms with Gasteiger partial charge in [-0.25, -0.2) is 9.59 Å². The maximum absolute atomic E-state index is 11.7. The average molecular weight is 291 g/mol. The van der Waals surface area contributed by atoms with Crippen LogP contribution in [0.1, 0.15) is 0 Å². The number of ether oxygens (including phenoxy) is 2. The van der Waals surface area contributed by atoms with Crippen molar-refractivity contribution in [3.05, 3.63) is 60.7 Å². The van der Waals surface area contributed by atoms with Gasteiger partial charge < -0.3 is 9.47 Å². The van der Waals surface area contributed by atoms with Crippen LogP contribution >= 0.6 is 11.6 Å². The van der Waals surface area contributed by atoms with Crippen LogP contribution in [0.15, 0.2) is 60.7 Å². The molecule has 102 valence electrons. The molecule has 4 nitrogen and oxygen atoms in total. The van der Waals surface area contributed by atoms with Crippen molar-refractivity contribution in [3.8, 4) is 11.5 Å². The van der Waals surface area contributed by atoms with Gasteiger partial charge in [0.05, 0.1) is 0 Å². The van der Waals surface area contributed by atoms with Crippen molar-refractivity contribution in [2.24, 2.45) is 0 Å². The van der Waals surface area contributed by atoms with E-state index in [0.717, 1.165) is 0 Å². The molecule has 0 N–H and O–H groups in total. The summed E-state index contributed by atoms with van der Waals surface area (Å²) in [6.07, 6.45) is 0. The number of benzene rings is 2. The van der Waals surface area contributed by atoms with E-state index in [0.29, 0.717) is 11.5 Å². The van der Waals surface area contributed by atoms with Gasteiger partial charge in [0.15, 0.2) is 0 Å². The monoisotopic (exact) mass is 290 g/mol. The summed E-state index contributed by atoms with van der Waals surface area (Å²) in [4.78, 5) is 23.4. The van der Waals surface area contributed by atoms with Crippen LogP contribution < -0.4 is 9.47 Å². The normalized spacial score (nSPS) is 10.1. The summed E-state index contributed by atoms with van der Waals surface area (Å²) in [6.45, 7) is 0. The molecule has 0 spiro atoms. The number of alkyl halides is 1. The first-order chi connectivity index (χ1) is 9.66.